The molecule has 0 bridgehead atoms. The van der Waals surface area contributed by atoms with E-state index in [4.69, 9.17) is 26.8 Å². The Balaban J connectivity index is 0.00000147. The van der Waals surface area contributed by atoms with Crippen LogP contribution in [0.4, 0.5) is 0 Å². The highest BCUT2D eigenvalue weighted by atomic mass is 35.5. The number of hydrogen-bond acceptors (Lipinski definition) is 4. The zero-order valence-electron chi connectivity index (χ0n) is 10.9. The van der Waals surface area contributed by atoms with E-state index >= 15 is 0 Å². The van der Waals surface area contributed by atoms with E-state index in [1.165, 1.54) is 0 Å². The van der Waals surface area contributed by atoms with Crippen LogP contribution < -0.4 is 10.5 Å². The number of halogens is 2. The summed E-state index contributed by atoms with van der Waals surface area (Å²) in [5.41, 5.74) is 8.70. The molecule has 0 saturated heterocycles. The standard InChI is InChI=1S/C13H14ClN3O2.ClH/c1-18-12-4-2-3-10(13(12)14)17-11-7-19-6-9(15)8(11)5-16-17;/h2-5,9H,6-7,15H2,1H3;1H. The molecule has 0 radical (unpaired) electrons. The average Bonchev–Trinajstić information content (AvgIpc) is 2.84. The molecular weight excluding hydrogens is 301 g/mol. The Bertz CT molecular complexity index is 616. The quantitative estimate of drug-likeness (QED) is 0.924. The van der Waals surface area contributed by atoms with Crippen molar-refractivity contribution >= 4 is 24.0 Å². The molecule has 1 unspecified atom stereocenters. The van der Waals surface area contributed by atoms with Crippen molar-refractivity contribution in [2.45, 2.75) is 12.6 Å². The second-order valence-electron chi connectivity index (χ2n) is 4.37. The lowest BCUT2D eigenvalue weighted by Crippen LogP contribution is -2.24. The number of ether oxygens (including phenoxy) is 2. The van der Waals surface area contributed by atoms with Crippen molar-refractivity contribution in [3.8, 4) is 11.4 Å². The molecule has 1 aliphatic heterocycles. The van der Waals surface area contributed by atoms with Crippen molar-refractivity contribution in [2.24, 2.45) is 5.73 Å². The summed E-state index contributed by atoms with van der Waals surface area (Å²) in [7, 11) is 1.59. The fourth-order valence-corrected chi connectivity index (χ4v) is 2.52. The van der Waals surface area contributed by atoms with E-state index in [2.05, 4.69) is 5.10 Å². The van der Waals surface area contributed by atoms with Crippen LogP contribution in [0.2, 0.25) is 5.02 Å². The third kappa shape index (κ3) is 2.38. The van der Waals surface area contributed by atoms with Gasteiger partial charge in [-0.05, 0) is 12.1 Å². The highest BCUT2D eigenvalue weighted by Crippen LogP contribution is 2.33. The number of fused-ring (bicyclic) bond motifs is 1. The zero-order valence-corrected chi connectivity index (χ0v) is 12.4. The van der Waals surface area contributed by atoms with Gasteiger partial charge in [-0.15, -0.1) is 12.4 Å². The maximum Gasteiger partial charge on any atom is 0.139 e. The first-order chi connectivity index (χ1) is 9.22. The molecule has 20 heavy (non-hydrogen) atoms. The minimum atomic E-state index is -0.137. The second kappa shape index (κ2) is 6.01. The van der Waals surface area contributed by atoms with Gasteiger partial charge in [0, 0.05) is 5.56 Å². The second-order valence-corrected chi connectivity index (χ2v) is 4.75. The van der Waals surface area contributed by atoms with E-state index in [-0.39, 0.29) is 18.4 Å². The molecule has 0 fully saturated rings. The smallest absolute Gasteiger partial charge is 0.139 e. The largest absolute Gasteiger partial charge is 0.495 e. The first-order valence-electron chi connectivity index (χ1n) is 5.95. The SMILES string of the molecule is COc1cccc(-n2ncc3c2COCC3N)c1Cl.Cl. The van der Waals surface area contributed by atoms with E-state index in [1.807, 2.05) is 18.2 Å². The highest BCUT2D eigenvalue weighted by Gasteiger charge is 2.23. The van der Waals surface area contributed by atoms with Crippen LogP contribution in [0, 0.1) is 0 Å². The number of nitrogens with zero attached hydrogens (tertiary/aromatic N) is 2. The molecule has 1 atom stereocenters. The van der Waals surface area contributed by atoms with Gasteiger partial charge in [-0.2, -0.15) is 5.10 Å². The molecule has 1 aromatic carbocycles. The topological polar surface area (TPSA) is 62.3 Å². The molecule has 2 heterocycles. The lowest BCUT2D eigenvalue weighted by molar-refractivity contribution is 0.0885. The summed E-state index contributed by atoms with van der Waals surface area (Å²) in [5, 5.41) is 4.89. The lowest BCUT2D eigenvalue weighted by atomic mass is 10.1. The van der Waals surface area contributed by atoms with Crippen LogP contribution in [-0.4, -0.2) is 23.5 Å². The highest BCUT2D eigenvalue weighted by molar-refractivity contribution is 6.33. The first-order valence-corrected chi connectivity index (χ1v) is 6.33. The minimum Gasteiger partial charge on any atom is -0.495 e. The van der Waals surface area contributed by atoms with Gasteiger partial charge in [0.05, 0.1) is 43.9 Å². The molecule has 5 nitrogen and oxygen atoms in total. The van der Waals surface area contributed by atoms with E-state index < -0.39 is 0 Å². The molecule has 1 aliphatic rings. The average molecular weight is 316 g/mol. The predicted octanol–water partition coefficient (Wildman–Crippen LogP) is 2.49. The Morgan fingerprint density at radius 2 is 2.30 bits per heavy atom. The summed E-state index contributed by atoms with van der Waals surface area (Å²) >= 11 is 6.32. The van der Waals surface area contributed by atoms with Gasteiger partial charge >= 0.3 is 0 Å². The van der Waals surface area contributed by atoms with Gasteiger partial charge in [-0.1, -0.05) is 17.7 Å². The zero-order chi connectivity index (χ0) is 13.4. The van der Waals surface area contributed by atoms with Crippen LogP contribution in [-0.2, 0) is 11.3 Å². The molecule has 2 aromatic rings. The normalized spacial score (nSPS) is 17.2. The summed E-state index contributed by atoms with van der Waals surface area (Å²) in [6, 6.07) is 5.43. The predicted molar refractivity (Wildman–Crippen MR) is 79.0 cm³/mol. The van der Waals surface area contributed by atoms with Gasteiger partial charge in [-0.3, -0.25) is 0 Å². The molecule has 0 saturated carbocycles. The van der Waals surface area contributed by atoms with Crippen molar-refractivity contribution in [2.75, 3.05) is 13.7 Å². The van der Waals surface area contributed by atoms with Crippen molar-refractivity contribution < 1.29 is 9.47 Å². The number of aromatic nitrogens is 2. The van der Waals surface area contributed by atoms with E-state index in [1.54, 1.807) is 18.0 Å². The van der Waals surface area contributed by atoms with Crippen LogP contribution in [0.5, 0.6) is 5.75 Å². The molecule has 2 N–H and O–H groups in total. The van der Waals surface area contributed by atoms with Crippen LogP contribution >= 0.6 is 24.0 Å². The third-order valence-corrected chi connectivity index (χ3v) is 3.61. The molecule has 3 rings (SSSR count). The van der Waals surface area contributed by atoms with E-state index in [9.17, 15) is 0 Å². The van der Waals surface area contributed by atoms with Crippen molar-refractivity contribution in [3.05, 3.63) is 40.7 Å². The maximum atomic E-state index is 6.32. The molecule has 0 aliphatic carbocycles. The molecule has 1 aromatic heterocycles. The minimum absolute atomic E-state index is 0. The van der Waals surface area contributed by atoms with Crippen LogP contribution in [0.3, 0.4) is 0 Å². The number of nitrogens with two attached hydrogens (primary N) is 1. The Morgan fingerprint density at radius 3 is 3.05 bits per heavy atom. The van der Waals surface area contributed by atoms with Gasteiger partial charge in [-0.25, -0.2) is 4.68 Å². The van der Waals surface area contributed by atoms with Gasteiger partial charge in [0.15, 0.2) is 0 Å². The maximum absolute atomic E-state index is 6.32. The van der Waals surface area contributed by atoms with Crippen LogP contribution in [0.15, 0.2) is 24.4 Å². The van der Waals surface area contributed by atoms with Crippen LogP contribution in [0.1, 0.15) is 17.3 Å². The van der Waals surface area contributed by atoms with Crippen molar-refractivity contribution in [3.63, 3.8) is 0 Å². The monoisotopic (exact) mass is 315 g/mol. The number of rotatable bonds is 2. The molecule has 0 spiro atoms. The van der Waals surface area contributed by atoms with E-state index in [0.29, 0.717) is 24.0 Å². The Hall–Kier alpha value is -1.27. The van der Waals surface area contributed by atoms with Crippen molar-refractivity contribution in [1.29, 1.82) is 0 Å². The molecule has 0 amide bonds. The van der Waals surface area contributed by atoms with Gasteiger partial charge in [0.25, 0.3) is 0 Å². The number of hydrogen-bond donors (Lipinski definition) is 1. The fourth-order valence-electron chi connectivity index (χ4n) is 2.24. The summed E-state index contributed by atoms with van der Waals surface area (Å²) < 4.78 is 12.4. The fraction of sp³-hybridized carbons (Fsp3) is 0.308. The summed E-state index contributed by atoms with van der Waals surface area (Å²) in [6.45, 7) is 1.00. The van der Waals surface area contributed by atoms with Crippen LogP contribution in [0.25, 0.3) is 5.69 Å². The summed E-state index contributed by atoms with van der Waals surface area (Å²) in [5.74, 6) is 0.615. The number of benzene rings is 1. The van der Waals surface area contributed by atoms with Gasteiger partial charge in [0.1, 0.15) is 10.8 Å². The summed E-state index contributed by atoms with van der Waals surface area (Å²) in [6.07, 6.45) is 1.78. The number of methoxy groups -OCH3 is 1. The molecule has 108 valence electrons. The first kappa shape index (κ1) is 15.1. The molecular formula is C13H15Cl2N3O2. The Labute approximate surface area is 128 Å². The molecule has 7 heteroatoms. The van der Waals surface area contributed by atoms with Gasteiger partial charge in [0.2, 0.25) is 0 Å². The van der Waals surface area contributed by atoms with E-state index in [0.717, 1.165) is 16.9 Å². The lowest BCUT2D eigenvalue weighted by Gasteiger charge is -2.20. The third-order valence-electron chi connectivity index (χ3n) is 3.23. The Morgan fingerprint density at radius 1 is 1.50 bits per heavy atom. The Kier molecular flexibility index (Phi) is 4.55. The summed E-state index contributed by atoms with van der Waals surface area (Å²) in [4.78, 5) is 0. The van der Waals surface area contributed by atoms with Crippen molar-refractivity contribution in [1.82, 2.24) is 9.78 Å². The van der Waals surface area contributed by atoms with Gasteiger partial charge < -0.3 is 15.2 Å².